The van der Waals surface area contributed by atoms with E-state index in [1.54, 1.807) is 6.33 Å². The van der Waals surface area contributed by atoms with Crippen LogP contribution in [-0.2, 0) is 12.8 Å². The molecule has 4 nitrogen and oxygen atoms in total. The number of rotatable bonds is 2. The predicted molar refractivity (Wildman–Crippen MR) is 61.5 cm³/mol. The molecule has 1 atom stereocenters. The summed E-state index contributed by atoms with van der Waals surface area (Å²) in [4.78, 5) is 11.1. The summed E-state index contributed by atoms with van der Waals surface area (Å²) < 4.78 is 0. The topological polar surface area (TPSA) is 49.2 Å². The molecule has 0 bridgehead atoms. The van der Waals surface area contributed by atoms with Crippen molar-refractivity contribution in [1.29, 1.82) is 0 Å². The Kier molecular flexibility index (Phi) is 2.52. The van der Waals surface area contributed by atoms with Crippen molar-refractivity contribution in [2.24, 2.45) is 5.92 Å². The first-order chi connectivity index (χ1) is 7.88. The second-order valence-electron chi connectivity index (χ2n) is 4.76. The monoisotopic (exact) mass is 219 g/mol. The van der Waals surface area contributed by atoms with E-state index in [1.165, 1.54) is 17.7 Å². The Balaban J connectivity index is 1.87. The van der Waals surface area contributed by atoms with Crippen LogP contribution in [0, 0.1) is 5.92 Å². The van der Waals surface area contributed by atoms with Crippen molar-refractivity contribution in [2.75, 3.05) is 24.6 Å². The van der Waals surface area contributed by atoms with Crippen LogP contribution in [0.1, 0.15) is 24.1 Å². The second-order valence-corrected chi connectivity index (χ2v) is 4.76. The maximum Gasteiger partial charge on any atom is 0.135 e. The standard InChI is InChI=1S/C12H17N3O/c16-7-9-4-5-15(6-9)12-10-2-1-3-11(10)13-8-14-12/h8-9,16H,1-7H2. The number of nitrogens with zero attached hydrogens (tertiary/aromatic N) is 3. The molecular weight excluding hydrogens is 202 g/mol. The minimum atomic E-state index is 0.295. The lowest BCUT2D eigenvalue weighted by molar-refractivity contribution is 0.238. The van der Waals surface area contributed by atoms with E-state index in [1.807, 2.05) is 0 Å². The Hall–Kier alpha value is -1.16. The number of aliphatic hydroxyl groups is 1. The van der Waals surface area contributed by atoms with Gasteiger partial charge in [0, 0.05) is 36.9 Å². The van der Waals surface area contributed by atoms with E-state index in [4.69, 9.17) is 5.11 Å². The number of aryl methyl sites for hydroxylation is 1. The lowest BCUT2D eigenvalue weighted by atomic mass is 10.1. The van der Waals surface area contributed by atoms with Gasteiger partial charge >= 0.3 is 0 Å². The lowest BCUT2D eigenvalue weighted by Gasteiger charge is -2.19. The van der Waals surface area contributed by atoms with Gasteiger partial charge in [0.05, 0.1) is 0 Å². The highest BCUT2D eigenvalue weighted by atomic mass is 16.3. The molecule has 0 spiro atoms. The van der Waals surface area contributed by atoms with Crippen molar-refractivity contribution in [1.82, 2.24) is 9.97 Å². The van der Waals surface area contributed by atoms with Gasteiger partial charge in [0.2, 0.25) is 0 Å². The second kappa shape index (κ2) is 4.01. The summed E-state index contributed by atoms with van der Waals surface area (Å²) in [5, 5.41) is 9.16. The summed E-state index contributed by atoms with van der Waals surface area (Å²) >= 11 is 0. The Morgan fingerprint density at radius 3 is 3.12 bits per heavy atom. The molecule has 86 valence electrons. The minimum absolute atomic E-state index is 0.295. The average Bonchev–Trinajstić information content (AvgIpc) is 2.97. The van der Waals surface area contributed by atoms with Gasteiger partial charge in [-0.2, -0.15) is 0 Å². The Bertz CT molecular complexity index is 394. The molecule has 16 heavy (non-hydrogen) atoms. The van der Waals surface area contributed by atoms with Gasteiger partial charge in [-0.3, -0.25) is 0 Å². The maximum atomic E-state index is 9.16. The van der Waals surface area contributed by atoms with Crippen molar-refractivity contribution in [3.05, 3.63) is 17.6 Å². The smallest absolute Gasteiger partial charge is 0.135 e. The molecule has 3 rings (SSSR count). The number of anilines is 1. The molecule has 0 amide bonds. The zero-order valence-electron chi connectivity index (χ0n) is 9.39. The van der Waals surface area contributed by atoms with Gasteiger partial charge in [0.1, 0.15) is 12.1 Å². The first-order valence-corrected chi connectivity index (χ1v) is 6.07. The Morgan fingerprint density at radius 1 is 1.38 bits per heavy atom. The molecule has 2 heterocycles. The van der Waals surface area contributed by atoms with E-state index in [-0.39, 0.29) is 0 Å². The molecule has 1 aliphatic carbocycles. The van der Waals surface area contributed by atoms with Crippen LogP contribution in [0.15, 0.2) is 6.33 Å². The zero-order valence-corrected chi connectivity index (χ0v) is 9.39. The number of hydrogen-bond donors (Lipinski definition) is 1. The molecule has 2 aliphatic rings. The number of aliphatic hydroxyl groups excluding tert-OH is 1. The first-order valence-electron chi connectivity index (χ1n) is 6.07. The first kappa shape index (κ1) is 10.0. The van der Waals surface area contributed by atoms with Gasteiger partial charge in [-0.25, -0.2) is 9.97 Å². The predicted octanol–water partition coefficient (Wildman–Crippen LogP) is 0.784. The SMILES string of the molecule is OCC1CCN(c2ncnc3c2CCC3)C1. The molecule has 1 aromatic rings. The van der Waals surface area contributed by atoms with Crippen LogP contribution in [-0.4, -0.2) is 34.8 Å². The molecule has 1 fully saturated rings. The van der Waals surface area contributed by atoms with Crippen molar-refractivity contribution >= 4 is 5.82 Å². The highest BCUT2D eigenvalue weighted by molar-refractivity contribution is 5.51. The molecule has 4 heteroatoms. The van der Waals surface area contributed by atoms with Gasteiger partial charge in [-0.1, -0.05) is 0 Å². The number of aromatic nitrogens is 2. The van der Waals surface area contributed by atoms with Gasteiger partial charge in [0.25, 0.3) is 0 Å². The number of hydrogen-bond acceptors (Lipinski definition) is 4. The summed E-state index contributed by atoms with van der Waals surface area (Å²) in [6, 6.07) is 0. The molecule has 1 N–H and O–H groups in total. The summed E-state index contributed by atoms with van der Waals surface area (Å²) in [7, 11) is 0. The van der Waals surface area contributed by atoms with E-state index in [2.05, 4.69) is 14.9 Å². The van der Waals surface area contributed by atoms with Gasteiger partial charge < -0.3 is 10.0 Å². The van der Waals surface area contributed by atoms with E-state index in [0.29, 0.717) is 12.5 Å². The van der Waals surface area contributed by atoms with E-state index in [0.717, 1.165) is 38.2 Å². The van der Waals surface area contributed by atoms with Crippen LogP contribution in [0.4, 0.5) is 5.82 Å². The quantitative estimate of drug-likeness (QED) is 0.798. The normalized spacial score (nSPS) is 23.8. The molecule has 1 aromatic heterocycles. The van der Waals surface area contributed by atoms with Crippen LogP contribution < -0.4 is 4.90 Å². The number of fused-ring (bicyclic) bond motifs is 1. The fourth-order valence-electron chi connectivity index (χ4n) is 2.79. The van der Waals surface area contributed by atoms with E-state index < -0.39 is 0 Å². The van der Waals surface area contributed by atoms with Crippen LogP contribution in [0.5, 0.6) is 0 Å². The van der Waals surface area contributed by atoms with Crippen LogP contribution >= 0.6 is 0 Å². The Morgan fingerprint density at radius 2 is 2.31 bits per heavy atom. The van der Waals surface area contributed by atoms with Crippen molar-refractivity contribution in [3.63, 3.8) is 0 Å². The largest absolute Gasteiger partial charge is 0.396 e. The van der Waals surface area contributed by atoms with Crippen molar-refractivity contribution < 1.29 is 5.11 Å². The molecule has 0 saturated carbocycles. The van der Waals surface area contributed by atoms with Crippen LogP contribution in [0.25, 0.3) is 0 Å². The highest BCUT2D eigenvalue weighted by Gasteiger charge is 2.27. The summed E-state index contributed by atoms with van der Waals surface area (Å²) in [6.45, 7) is 2.26. The highest BCUT2D eigenvalue weighted by Crippen LogP contribution is 2.30. The molecule has 0 aromatic carbocycles. The van der Waals surface area contributed by atoms with Gasteiger partial charge in [-0.05, 0) is 25.7 Å². The third-order valence-electron chi connectivity index (χ3n) is 3.70. The maximum absolute atomic E-state index is 9.16. The fraction of sp³-hybridized carbons (Fsp3) is 0.667. The summed E-state index contributed by atoms with van der Waals surface area (Å²) in [5.74, 6) is 1.55. The van der Waals surface area contributed by atoms with Crippen LogP contribution in [0.2, 0.25) is 0 Å². The molecule has 0 radical (unpaired) electrons. The Labute approximate surface area is 95.3 Å². The van der Waals surface area contributed by atoms with E-state index >= 15 is 0 Å². The molecule has 1 unspecified atom stereocenters. The summed E-state index contributed by atoms with van der Waals surface area (Å²) in [5.41, 5.74) is 2.58. The third kappa shape index (κ3) is 1.57. The summed E-state index contributed by atoms with van der Waals surface area (Å²) in [6.07, 6.45) is 6.19. The van der Waals surface area contributed by atoms with Crippen molar-refractivity contribution in [2.45, 2.75) is 25.7 Å². The van der Waals surface area contributed by atoms with Crippen molar-refractivity contribution in [3.8, 4) is 0 Å². The average molecular weight is 219 g/mol. The van der Waals surface area contributed by atoms with E-state index in [9.17, 15) is 0 Å². The van der Waals surface area contributed by atoms with Gasteiger partial charge in [-0.15, -0.1) is 0 Å². The zero-order chi connectivity index (χ0) is 11.0. The molecular formula is C12H17N3O. The fourth-order valence-corrected chi connectivity index (χ4v) is 2.79. The lowest BCUT2D eigenvalue weighted by Crippen LogP contribution is -2.23. The molecule has 1 saturated heterocycles. The molecule has 1 aliphatic heterocycles. The van der Waals surface area contributed by atoms with Crippen LogP contribution in [0.3, 0.4) is 0 Å². The van der Waals surface area contributed by atoms with Gasteiger partial charge in [0.15, 0.2) is 0 Å². The third-order valence-corrected chi connectivity index (χ3v) is 3.70. The minimum Gasteiger partial charge on any atom is -0.396 e.